The van der Waals surface area contributed by atoms with E-state index in [1.807, 2.05) is 31.3 Å². The quantitative estimate of drug-likeness (QED) is 0.555. The number of hydrazone groups is 1. The summed E-state index contributed by atoms with van der Waals surface area (Å²) in [4.78, 5) is 8.79. The zero-order valence-corrected chi connectivity index (χ0v) is 14.8. The second kappa shape index (κ2) is 8.04. The smallest absolute Gasteiger partial charge is 0.150 e. The largest absolute Gasteiger partial charge is 0.262 e. The molecule has 0 fully saturated rings. The first-order valence-corrected chi connectivity index (χ1v) is 8.34. The van der Waals surface area contributed by atoms with Crippen molar-refractivity contribution in [2.45, 2.75) is 20.3 Å². The van der Waals surface area contributed by atoms with Gasteiger partial charge in [-0.05, 0) is 25.5 Å². The molecule has 0 amide bonds. The lowest BCUT2D eigenvalue weighted by atomic mass is 10.1. The summed E-state index contributed by atoms with van der Waals surface area (Å²) < 4.78 is 0. The van der Waals surface area contributed by atoms with Crippen LogP contribution >= 0.6 is 0 Å². The van der Waals surface area contributed by atoms with E-state index in [2.05, 4.69) is 57.8 Å². The van der Waals surface area contributed by atoms with Gasteiger partial charge in [0.2, 0.25) is 0 Å². The van der Waals surface area contributed by atoms with Crippen LogP contribution in [-0.4, -0.2) is 16.2 Å². The average molecular weight is 341 g/mol. The van der Waals surface area contributed by atoms with Crippen LogP contribution in [0.25, 0.3) is 11.3 Å². The van der Waals surface area contributed by atoms with Crippen LogP contribution in [-0.2, 0) is 6.42 Å². The van der Waals surface area contributed by atoms with Crippen molar-refractivity contribution in [3.05, 3.63) is 77.1 Å². The fourth-order valence-corrected chi connectivity index (χ4v) is 2.55. The molecule has 5 nitrogen and oxygen atoms in total. The molecule has 0 atom stereocenters. The van der Waals surface area contributed by atoms with Crippen molar-refractivity contribution in [2.24, 2.45) is 5.10 Å². The van der Waals surface area contributed by atoms with Crippen molar-refractivity contribution in [3.8, 4) is 17.3 Å². The lowest BCUT2D eigenvalue weighted by Gasteiger charge is -2.07. The lowest BCUT2D eigenvalue weighted by molar-refractivity contribution is 1.05. The minimum Gasteiger partial charge on any atom is -0.262 e. The van der Waals surface area contributed by atoms with Crippen molar-refractivity contribution in [3.63, 3.8) is 0 Å². The van der Waals surface area contributed by atoms with Crippen LogP contribution in [0.15, 0.2) is 59.7 Å². The molecule has 0 radical (unpaired) electrons. The first-order chi connectivity index (χ1) is 12.7. The van der Waals surface area contributed by atoms with Crippen LogP contribution in [0.2, 0.25) is 0 Å². The molecule has 0 spiro atoms. The van der Waals surface area contributed by atoms with E-state index >= 15 is 0 Å². The molecule has 0 aliphatic heterocycles. The molecule has 1 N–H and O–H groups in total. The lowest BCUT2D eigenvalue weighted by Crippen LogP contribution is -2.00. The van der Waals surface area contributed by atoms with Gasteiger partial charge >= 0.3 is 0 Å². The molecule has 0 saturated heterocycles. The molecule has 0 aliphatic rings. The van der Waals surface area contributed by atoms with Crippen molar-refractivity contribution in [1.29, 1.82) is 5.26 Å². The SMILES string of the molecule is Cc1ccc(CC=NNc2cc(-c3ccccc3C#N)nc(C)n2)cc1. The van der Waals surface area contributed by atoms with E-state index in [9.17, 15) is 5.26 Å². The van der Waals surface area contributed by atoms with Gasteiger partial charge in [0.1, 0.15) is 11.6 Å². The number of nitriles is 1. The van der Waals surface area contributed by atoms with Gasteiger partial charge in [-0.3, -0.25) is 5.43 Å². The molecule has 0 bridgehead atoms. The van der Waals surface area contributed by atoms with Gasteiger partial charge in [-0.1, -0.05) is 48.0 Å². The highest BCUT2D eigenvalue weighted by molar-refractivity contribution is 5.69. The van der Waals surface area contributed by atoms with Gasteiger partial charge in [0.25, 0.3) is 0 Å². The van der Waals surface area contributed by atoms with Crippen LogP contribution in [0.3, 0.4) is 0 Å². The number of benzene rings is 2. The summed E-state index contributed by atoms with van der Waals surface area (Å²) in [7, 11) is 0. The Labute approximate surface area is 153 Å². The fraction of sp³-hybridized carbons (Fsp3) is 0.143. The zero-order chi connectivity index (χ0) is 18.4. The Morgan fingerprint density at radius 2 is 1.85 bits per heavy atom. The van der Waals surface area contributed by atoms with Crippen LogP contribution in [0, 0.1) is 25.2 Å². The van der Waals surface area contributed by atoms with Crippen molar-refractivity contribution in [1.82, 2.24) is 9.97 Å². The van der Waals surface area contributed by atoms with Crippen molar-refractivity contribution >= 4 is 12.0 Å². The molecule has 0 saturated carbocycles. The van der Waals surface area contributed by atoms with E-state index in [0.29, 0.717) is 22.9 Å². The summed E-state index contributed by atoms with van der Waals surface area (Å²) in [6, 6.07) is 19.7. The van der Waals surface area contributed by atoms with Gasteiger partial charge in [-0.15, -0.1) is 0 Å². The highest BCUT2D eigenvalue weighted by atomic mass is 15.3. The zero-order valence-electron chi connectivity index (χ0n) is 14.8. The molecule has 1 aromatic heterocycles. The topological polar surface area (TPSA) is 74.0 Å². The third-order valence-electron chi connectivity index (χ3n) is 3.88. The van der Waals surface area contributed by atoms with Gasteiger partial charge in [0.15, 0.2) is 0 Å². The van der Waals surface area contributed by atoms with Crippen LogP contribution in [0.4, 0.5) is 5.82 Å². The third kappa shape index (κ3) is 4.31. The molecule has 2 aromatic carbocycles. The molecule has 128 valence electrons. The fourth-order valence-electron chi connectivity index (χ4n) is 2.55. The summed E-state index contributed by atoms with van der Waals surface area (Å²) in [6.45, 7) is 3.89. The minimum absolute atomic E-state index is 0.583. The number of aromatic nitrogens is 2. The van der Waals surface area contributed by atoms with E-state index in [1.54, 1.807) is 12.1 Å². The highest BCUT2D eigenvalue weighted by Gasteiger charge is 2.08. The number of aryl methyl sites for hydroxylation is 2. The number of nitrogens with zero attached hydrogens (tertiary/aromatic N) is 4. The van der Waals surface area contributed by atoms with Gasteiger partial charge in [-0.2, -0.15) is 10.4 Å². The normalized spacial score (nSPS) is 10.7. The van der Waals surface area contributed by atoms with E-state index in [4.69, 9.17) is 0 Å². The van der Waals surface area contributed by atoms with Gasteiger partial charge in [0.05, 0.1) is 17.3 Å². The molecule has 3 rings (SSSR count). The van der Waals surface area contributed by atoms with Gasteiger partial charge in [0, 0.05) is 24.3 Å². The predicted octanol–water partition coefficient (Wildman–Crippen LogP) is 4.27. The number of hydrogen-bond donors (Lipinski definition) is 1. The molecular weight excluding hydrogens is 322 g/mol. The van der Waals surface area contributed by atoms with Gasteiger partial charge in [-0.25, -0.2) is 9.97 Å². The average Bonchev–Trinajstić information content (AvgIpc) is 2.66. The second-order valence-corrected chi connectivity index (χ2v) is 5.96. The number of rotatable bonds is 5. The minimum atomic E-state index is 0.583. The van der Waals surface area contributed by atoms with Gasteiger partial charge < -0.3 is 0 Å². The summed E-state index contributed by atoms with van der Waals surface area (Å²) in [5, 5.41) is 13.5. The molecule has 0 aliphatic carbocycles. The maximum atomic E-state index is 9.28. The summed E-state index contributed by atoms with van der Waals surface area (Å²) in [5.41, 5.74) is 7.46. The summed E-state index contributed by atoms with van der Waals surface area (Å²) in [6.07, 6.45) is 2.55. The predicted molar refractivity (Wildman–Crippen MR) is 104 cm³/mol. The monoisotopic (exact) mass is 341 g/mol. The van der Waals surface area contributed by atoms with Crippen molar-refractivity contribution in [2.75, 3.05) is 5.43 Å². The maximum Gasteiger partial charge on any atom is 0.150 e. The molecule has 1 heterocycles. The van der Waals surface area contributed by atoms with Crippen LogP contribution in [0.1, 0.15) is 22.5 Å². The van der Waals surface area contributed by atoms with E-state index in [1.165, 1.54) is 11.1 Å². The Hall–Kier alpha value is -3.52. The van der Waals surface area contributed by atoms with Crippen molar-refractivity contribution < 1.29 is 0 Å². The third-order valence-corrected chi connectivity index (χ3v) is 3.88. The summed E-state index contributed by atoms with van der Waals surface area (Å²) >= 11 is 0. The van der Waals surface area contributed by atoms with Crippen LogP contribution in [0.5, 0.6) is 0 Å². The number of anilines is 1. The second-order valence-electron chi connectivity index (χ2n) is 5.96. The Bertz CT molecular complexity index is 968. The molecule has 26 heavy (non-hydrogen) atoms. The molecular formula is C21H19N5. The Kier molecular flexibility index (Phi) is 5.35. The first kappa shape index (κ1) is 17.3. The number of nitrogens with one attached hydrogen (secondary N) is 1. The highest BCUT2D eigenvalue weighted by Crippen LogP contribution is 2.23. The first-order valence-electron chi connectivity index (χ1n) is 8.34. The molecule has 0 unspecified atom stereocenters. The number of hydrogen-bond acceptors (Lipinski definition) is 5. The maximum absolute atomic E-state index is 9.28. The Balaban J connectivity index is 1.75. The molecule has 5 heteroatoms. The molecule has 3 aromatic rings. The summed E-state index contributed by atoms with van der Waals surface area (Å²) in [5.74, 6) is 1.21. The van der Waals surface area contributed by atoms with E-state index < -0.39 is 0 Å². The van der Waals surface area contributed by atoms with E-state index in [0.717, 1.165) is 12.0 Å². The standard InChI is InChI=1S/C21H19N5/c1-15-7-9-17(10-8-15)11-12-23-26-21-13-20(24-16(2)25-21)19-6-4-3-5-18(19)14-22/h3-10,12-13H,11H2,1-2H3,(H,24,25,26). The van der Waals surface area contributed by atoms with Crippen LogP contribution < -0.4 is 5.43 Å². The Morgan fingerprint density at radius 1 is 1.08 bits per heavy atom. The van der Waals surface area contributed by atoms with E-state index in [-0.39, 0.29) is 0 Å². The Morgan fingerprint density at radius 3 is 2.62 bits per heavy atom.